The molecule has 0 aliphatic carbocycles. The van der Waals surface area contributed by atoms with Crippen molar-refractivity contribution >= 4 is 17.6 Å². The van der Waals surface area contributed by atoms with Crippen LogP contribution in [0.1, 0.15) is 27.6 Å². The van der Waals surface area contributed by atoms with Crippen LogP contribution in [0.5, 0.6) is 0 Å². The van der Waals surface area contributed by atoms with E-state index in [9.17, 15) is 9.90 Å². The lowest BCUT2D eigenvalue weighted by molar-refractivity contribution is 0.0697. The molecule has 0 saturated carbocycles. The van der Waals surface area contributed by atoms with Crippen molar-refractivity contribution in [2.24, 2.45) is 0 Å². The minimum Gasteiger partial charge on any atom is -0.478 e. The Balaban J connectivity index is 1.54. The molecule has 144 valence electrons. The number of rotatable bonds is 8. The fraction of sp³-hybridized carbons (Fsp3) is 0.174. The minimum atomic E-state index is -0.925. The third-order valence-electron chi connectivity index (χ3n) is 4.55. The number of aromatic carboxylic acids is 1. The summed E-state index contributed by atoms with van der Waals surface area (Å²) in [6, 6.07) is 22.3. The van der Waals surface area contributed by atoms with Gasteiger partial charge in [-0.15, -0.1) is 0 Å². The van der Waals surface area contributed by atoms with Gasteiger partial charge in [-0.3, -0.25) is 0 Å². The van der Waals surface area contributed by atoms with E-state index in [0.29, 0.717) is 11.6 Å². The molecule has 0 unspecified atom stereocenters. The molecule has 0 saturated heterocycles. The first-order chi connectivity index (χ1) is 13.5. The molecule has 3 rings (SSSR count). The second-order valence-corrected chi connectivity index (χ2v) is 7.04. The van der Waals surface area contributed by atoms with Crippen LogP contribution in [0.4, 0.5) is 0 Å². The molecule has 28 heavy (non-hydrogen) atoms. The van der Waals surface area contributed by atoms with Gasteiger partial charge in [0, 0.05) is 11.6 Å². The number of aliphatic hydroxyl groups excluding tert-OH is 1. The van der Waals surface area contributed by atoms with E-state index >= 15 is 0 Å². The highest BCUT2D eigenvalue weighted by atomic mass is 35.5. The largest absolute Gasteiger partial charge is 0.478 e. The Kier molecular flexibility index (Phi) is 6.82. The Morgan fingerprint density at radius 3 is 2.43 bits per heavy atom. The van der Waals surface area contributed by atoms with E-state index in [-0.39, 0.29) is 5.56 Å². The number of carbonyl (C=O) groups is 1. The summed E-state index contributed by atoms with van der Waals surface area (Å²) in [4.78, 5) is 11.0. The molecule has 4 nitrogen and oxygen atoms in total. The Labute approximate surface area is 169 Å². The van der Waals surface area contributed by atoms with Gasteiger partial charge in [0.25, 0.3) is 0 Å². The Morgan fingerprint density at radius 1 is 0.964 bits per heavy atom. The number of hydrogen-bond acceptors (Lipinski definition) is 3. The monoisotopic (exact) mass is 395 g/mol. The Hall–Kier alpha value is -2.66. The standard InChI is InChI=1S/C23H22ClNO3/c24-21-6-2-5-20(14-21)22(26)15-25-12-11-16-3-1-4-19(13-16)17-7-9-18(10-8-17)23(27)28/h1-10,13-14,22,25-26H,11-12,15H2,(H,27,28)/t22-/m0/s1. The smallest absolute Gasteiger partial charge is 0.335 e. The van der Waals surface area contributed by atoms with Gasteiger partial charge in [-0.1, -0.05) is 60.1 Å². The molecule has 0 spiro atoms. The number of benzene rings is 3. The van der Waals surface area contributed by atoms with E-state index in [0.717, 1.165) is 29.7 Å². The normalized spacial score (nSPS) is 11.9. The van der Waals surface area contributed by atoms with Crippen LogP contribution in [-0.2, 0) is 6.42 Å². The zero-order chi connectivity index (χ0) is 19.9. The van der Waals surface area contributed by atoms with Crippen LogP contribution in [0.15, 0.2) is 72.8 Å². The average molecular weight is 396 g/mol. The van der Waals surface area contributed by atoms with Crippen LogP contribution in [0, 0.1) is 0 Å². The predicted molar refractivity (Wildman–Crippen MR) is 112 cm³/mol. The topological polar surface area (TPSA) is 69.6 Å². The molecule has 1 atom stereocenters. The molecular formula is C23H22ClNO3. The van der Waals surface area contributed by atoms with Crippen LogP contribution in [0.2, 0.25) is 5.02 Å². The van der Waals surface area contributed by atoms with Crippen LogP contribution < -0.4 is 5.32 Å². The molecule has 0 amide bonds. The molecule has 0 aliphatic heterocycles. The molecule has 3 N–H and O–H groups in total. The molecule has 5 heteroatoms. The van der Waals surface area contributed by atoms with Crippen molar-refractivity contribution in [2.75, 3.05) is 13.1 Å². The van der Waals surface area contributed by atoms with Crippen LogP contribution in [0.25, 0.3) is 11.1 Å². The van der Waals surface area contributed by atoms with Gasteiger partial charge in [0.2, 0.25) is 0 Å². The molecule has 3 aromatic rings. The Bertz CT molecular complexity index is 941. The molecule has 0 radical (unpaired) electrons. The van der Waals surface area contributed by atoms with E-state index in [4.69, 9.17) is 16.7 Å². The summed E-state index contributed by atoms with van der Waals surface area (Å²) >= 11 is 5.96. The summed E-state index contributed by atoms with van der Waals surface area (Å²) in [6.07, 6.45) is 0.223. The van der Waals surface area contributed by atoms with E-state index in [1.165, 1.54) is 5.56 Å². The van der Waals surface area contributed by atoms with E-state index < -0.39 is 12.1 Å². The zero-order valence-corrected chi connectivity index (χ0v) is 16.1. The number of aliphatic hydroxyl groups is 1. The van der Waals surface area contributed by atoms with Gasteiger partial charge in [-0.05, 0) is 59.5 Å². The molecule has 0 fully saturated rings. The number of hydrogen-bond donors (Lipinski definition) is 3. The number of halogens is 1. The quantitative estimate of drug-likeness (QED) is 0.488. The van der Waals surface area contributed by atoms with Gasteiger partial charge in [0.1, 0.15) is 0 Å². The lowest BCUT2D eigenvalue weighted by Gasteiger charge is -2.13. The minimum absolute atomic E-state index is 0.280. The van der Waals surface area contributed by atoms with E-state index in [2.05, 4.69) is 17.4 Å². The summed E-state index contributed by atoms with van der Waals surface area (Å²) in [7, 11) is 0. The van der Waals surface area contributed by atoms with Crippen molar-refractivity contribution in [3.05, 3.63) is 94.5 Å². The lowest BCUT2D eigenvalue weighted by atomic mass is 10.0. The van der Waals surface area contributed by atoms with E-state index in [1.54, 1.807) is 24.3 Å². The molecular weight excluding hydrogens is 374 g/mol. The summed E-state index contributed by atoms with van der Waals surface area (Å²) < 4.78 is 0. The second-order valence-electron chi connectivity index (χ2n) is 6.61. The number of nitrogens with one attached hydrogen (secondary N) is 1. The van der Waals surface area contributed by atoms with Gasteiger partial charge in [0.05, 0.1) is 11.7 Å². The van der Waals surface area contributed by atoms with Crippen molar-refractivity contribution < 1.29 is 15.0 Å². The first-order valence-electron chi connectivity index (χ1n) is 9.10. The summed E-state index contributed by atoms with van der Waals surface area (Å²) in [5.74, 6) is -0.925. The molecule has 3 aromatic carbocycles. The van der Waals surface area contributed by atoms with Gasteiger partial charge >= 0.3 is 5.97 Å². The van der Waals surface area contributed by atoms with Crippen molar-refractivity contribution in [3.63, 3.8) is 0 Å². The zero-order valence-electron chi connectivity index (χ0n) is 15.3. The maximum absolute atomic E-state index is 11.0. The molecule has 0 heterocycles. The fourth-order valence-electron chi connectivity index (χ4n) is 3.01. The lowest BCUT2D eigenvalue weighted by Crippen LogP contribution is -2.23. The highest BCUT2D eigenvalue weighted by Crippen LogP contribution is 2.21. The van der Waals surface area contributed by atoms with Crippen LogP contribution in [-0.4, -0.2) is 29.3 Å². The highest BCUT2D eigenvalue weighted by Gasteiger charge is 2.08. The average Bonchev–Trinajstić information content (AvgIpc) is 2.71. The SMILES string of the molecule is O=C(O)c1ccc(-c2cccc(CCNC[C@H](O)c3cccc(Cl)c3)c2)cc1. The first-order valence-corrected chi connectivity index (χ1v) is 9.47. The fourth-order valence-corrected chi connectivity index (χ4v) is 3.21. The van der Waals surface area contributed by atoms with E-state index in [1.807, 2.05) is 36.4 Å². The van der Waals surface area contributed by atoms with Crippen molar-refractivity contribution in [1.82, 2.24) is 5.32 Å². The maximum Gasteiger partial charge on any atom is 0.335 e. The van der Waals surface area contributed by atoms with Gasteiger partial charge < -0.3 is 15.5 Å². The van der Waals surface area contributed by atoms with Crippen LogP contribution >= 0.6 is 11.6 Å². The second kappa shape index (κ2) is 9.51. The van der Waals surface area contributed by atoms with Crippen molar-refractivity contribution in [1.29, 1.82) is 0 Å². The van der Waals surface area contributed by atoms with Crippen molar-refractivity contribution in [2.45, 2.75) is 12.5 Å². The maximum atomic E-state index is 11.0. The Morgan fingerprint density at radius 2 is 1.71 bits per heavy atom. The van der Waals surface area contributed by atoms with Crippen molar-refractivity contribution in [3.8, 4) is 11.1 Å². The summed E-state index contributed by atoms with van der Waals surface area (Å²) in [5.41, 5.74) is 4.28. The molecule has 0 bridgehead atoms. The van der Waals surface area contributed by atoms with Gasteiger partial charge in [-0.2, -0.15) is 0 Å². The third kappa shape index (κ3) is 5.42. The molecule has 0 aliphatic rings. The third-order valence-corrected chi connectivity index (χ3v) is 4.79. The number of carboxylic acids is 1. The molecule has 0 aromatic heterocycles. The highest BCUT2D eigenvalue weighted by molar-refractivity contribution is 6.30. The first kappa shape index (κ1) is 20.1. The van der Waals surface area contributed by atoms with Gasteiger partial charge in [-0.25, -0.2) is 4.79 Å². The number of carboxylic acid groups (broad SMARTS) is 1. The summed E-state index contributed by atoms with van der Waals surface area (Å²) in [5, 5.41) is 23.1. The predicted octanol–water partition coefficient (Wildman–Crippen LogP) is 4.57. The summed E-state index contributed by atoms with van der Waals surface area (Å²) in [6.45, 7) is 1.19. The van der Waals surface area contributed by atoms with Crippen LogP contribution in [0.3, 0.4) is 0 Å². The van der Waals surface area contributed by atoms with Gasteiger partial charge in [0.15, 0.2) is 0 Å².